The van der Waals surface area contributed by atoms with Crippen LogP contribution in [0.4, 0.5) is 0 Å². The van der Waals surface area contributed by atoms with Crippen LogP contribution in [0.25, 0.3) is 5.52 Å². The molecular weight excluding hydrogens is 372 g/mol. The van der Waals surface area contributed by atoms with E-state index in [0.29, 0.717) is 12.2 Å². The molecule has 0 saturated carbocycles. The van der Waals surface area contributed by atoms with Gasteiger partial charge >= 0.3 is 0 Å². The van der Waals surface area contributed by atoms with Gasteiger partial charge in [0.1, 0.15) is 5.75 Å². The Hall–Kier alpha value is -2.59. The molecule has 2 aromatic heterocycles. The van der Waals surface area contributed by atoms with Gasteiger partial charge in [0.15, 0.2) is 0 Å². The van der Waals surface area contributed by atoms with Crippen LogP contribution >= 0.6 is 0 Å². The fourth-order valence-corrected chi connectivity index (χ4v) is 3.56. The van der Waals surface area contributed by atoms with Crippen LogP contribution in [0.3, 0.4) is 0 Å². The van der Waals surface area contributed by atoms with Crippen molar-refractivity contribution in [2.45, 2.75) is 58.9 Å². The third-order valence-electron chi connectivity index (χ3n) is 5.14. The zero-order valence-electron chi connectivity index (χ0n) is 18.7. The summed E-state index contributed by atoms with van der Waals surface area (Å²) in [5, 5.41) is 3.46. The first-order valence-corrected chi connectivity index (χ1v) is 11.0. The minimum absolute atomic E-state index is 0.0632. The normalized spacial score (nSPS) is 11.7. The first kappa shape index (κ1) is 22.1. The van der Waals surface area contributed by atoms with Crippen LogP contribution < -0.4 is 10.1 Å². The summed E-state index contributed by atoms with van der Waals surface area (Å²) in [4.78, 5) is 13.3. The Morgan fingerprint density at radius 3 is 2.53 bits per heavy atom. The van der Waals surface area contributed by atoms with E-state index in [-0.39, 0.29) is 11.3 Å². The van der Waals surface area contributed by atoms with Gasteiger partial charge in [-0.05, 0) is 94.6 Å². The topological polar surface area (TPSA) is 42.7 Å². The molecule has 0 saturated heterocycles. The summed E-state index contributed by atoms with van der Waals surface area (Å²) >= 11 is 0. The average Bonchev–Trinajstić information content (AvgIpc) is 3.09. The van der Waals surface area contributed by atoms with Crippen LogP contribution in [0.15, 0.2) is 54.7 Å². The SMILES string of the molecule is CCCCc1cc2ccccn2c1C(=O)c1ccc(OCCCNC(C)(C)C)cc1. The van der Waals surface area contributed by atoms with Crippen LogP contribution in [-0.4, -0.2) is 28.9 Å². The van der Waals surface area contributed by atoms with Crippen molar-refractivity contribution in [3.05, 3.63) is 71.5 Å². The number of carbonyl (C=O) groups is 1. The molecule has 0 fully saturated rings. The van der Waals surface area contributed by atoms with Crippen molar-refractivity contribution in [3.63, 3.8) is 0 Å². The van der Waals surface area contributed by atoms with Crippen molar-refractivity contribution in [2.24, 2.45) is 0 Å². The lowest BCUT2D eigenvalue weighted by Gasteiger charge is -2.20. The van der Waals surface area contributed by atoms with E-state index in [1.807, 2.05) is 47.0 Å². The van der Waals surface area contributed by atoms with E-state index in [1.165, 1.54) is 0 Å². The second-order valence-electron chi connectivity index (χ2n) is 8.85. The molecule has 0 amide bonds. The van der Waals surface area contributed by atoms with Gasteiger partial charge in [0, 0.05) is 22.8 Å². The molecule has 0 spiro atoms. The molecule has 1 N–H and O–H groups in total. The Labute approximate surface area is 180 Å². The van der Waals surface area contributed by atoms with E-state index >= 15 is 0 Å². The largest absolute Gasteiger partial charge is 0.494 e. The van der Waals surface area contributed by atoms with Crippen molar-refractivity contribution in [1.82, 2.24) is 9.72 Å². The zero-order chi connectivity index (χ0) is 21.6. The van der Waals surface area contributed by atoms with E-state index < -0.39 is 0 Å². The minimum atomic E-state index is 0.0632. The van der Waals surface area contributed by atoms with Gasteiger partial charge in [-0.15, -0.1) is 0 Å². The summed E-state index contributed by atoms with van der Waals surface area (Å²) in [6.07, 6.45) is 6.02. The van der Waals surface area contributed by atoms with Crippen LogP contribution in [0.1, 0.15) is 68.6 Å². The summed E-state index contributed by atoms with van der Waals surface area (Å²) in [5.74, 6) is 0.863. The number of pyridine rings is 1. The van der Waals surface area contributed by atoms with Gasteiger partial charge in [-0.3, -0.25) is 4.79 Å². The fourth-order valence-electron chi connectivity index (χ4n) is 3.56. The number of unbranched alkanes of at least 4 members (excludes halogenated alkanes) is 1. The van der Waals surface area contributed by atoms with E-state index in [2.05, 4.69) is 45.1 Å². The molecule has 0 aliphatic rings. The van der Waals surface area contributed by atoms with E-state index in [4.69, 9.17) is 4.74 Å². The van der Waals surface area contributed by atoms with Crippen molar-refractivity contribution >= 4 is 11.3 Å². The van der Waals surface area contributed by atoms with Gasteiger partial charge in [0.05, 0.1) is 12.3 Å². The summed E-state index contributed by atoms with van der Waals surface area (Å²) < 4.78 is 7.85. The van der Waals surface area contributed by atoms with Gasteiger partial charge < -0.3 is 14.5 Å². The van der Waals surface area contributed by atoms with E-state index in [0.717, 1.165) is 54.8 Å². The minimum Gasteiger partial charge on any atom is -0.494 e. The molecule has 4 nitrogen and oxygen atoms in total. The second kappa shape index (κ2) is 9.94. The number of hydrogen-bond donors (Lipinski definition) is 1. The fraction of sp³-hybridized carbons (Fsp3) is 0.423. The third-order valence-corrected chi connectivity index (χ3v) is 5.14. The number of nitrogens with one attached hydrogen (secondary N) is 1. The lowest BCUT2D eigenvalue weighted by Crippen LogP contribution is -2.36. The highest BCUT2D eigenvalue weighted by molar-refractivity contribution is 6.09. The van der Waals surface area contributed by atoms with Gasteiger partial charge in [0.2, 0.25) is 5.78 Å². The Kier molecular flexibility index (Phi) is 7.33. The second-order valence-corrected chi connectivity index (χ2v) is 8.85. The lowest BCUT2D eigenvalue weighted by atomic mass is 10.0. The summed E-state index contributed by atoms with van der Waals surface area (Å²) in [5.41, 5.74) is 3.79. The smallest absolute Gasteiger partial charge is 0.210 e. The number of carbonyl (C=O) groups excluding carboxylic acids is 1. The number of aromatic nitrogens is 1. The predicted octanol–water partition coefficient (Wildman–Crippen LogP) is 5.67. The molecule has 0 radical (unpaired) electrons. The number of rotatable bonds is 10. The van der Waals surface area contributed by atoms with E-state index in [1.54, 1.807) is 0 Å². The molecule has 4 heteroatoms. The highest BCUT2D eigenvalue weighted by Gasteiger charge is 2.19. The standard InChI is InChI=1S/C26H34N2O2/c1-5-6-10-21-19-22-11-7-8-17-28(22)24(21)25(29)20-12-14-23(15-13-20)30-18-9-16-27-26(2,3)4/h7-8,11-15,17,19,27H,5-6,9-10,16,18H2,1-4H3. The summed E-state index contributed by atoms with van der Waals surface area (Å²) in [6.45, 7) is 10.2. The van der Waals surface area contributed by atoms with Gasteiger partial charge in [-0.2, -0.15) is 0 Å². The quantitative estimate of drug-likeness (QED) is 0.348. The van der Waals surface area contributed by atoms with Crippen LogP contribution in [0, 0.1) is 0 Å². The highest BCUT2D eigenvalue weighted by atomic mass is 16.5. The summed E-state index contributed by atoms with van der Waals surface area (Å²) in [7, 11) is 0. The molecule has 160 valence electrons. The average molecular weight is 407 g/mol. The van der Waals surface area contributed by atoms with Gasteiger partial charge in [0.25, 0.3) is 0 Å². The van der Waals surface area contributed by atoms with Crippen LogP contribution in [0.2, 0.25) is 0 Å². The molecule has 0 aliphatic heterocycles. The zero-order valence-corrected chi connectivity index (χ0v) is 18.7. The number of fused-ring (bicyclic) bond motifs is 1. The molecule has 3 rings (SSSR count). The Morgan fingerprint density at radius 2 is 1.83 bits per heavy atom. The number of hydrogen-bond acceptors (Lipinski definition) is 3. The molecular formula is C26H34N2O2. The predicted molar refractivity (Wildman–Crippen MR) is 124 cm³/mol. The van der Waals surface area contributed by atoms with Gasteiger partial charge in [-0.1, -0.05) is 19.4 Å². The Morgan fingerprint density at radius 1 is 1.07 bits per heavy atom. The molecule has 3 aromatic rings. The Bertz CT molecular complexity index is 965. The third kappa shape index (κ3) is 5.73. The van der Waals surface area contributed by atoms with Crippen molar-refractivity contribution in [2.75, 3.05) is 13.2 Å². The lowest BCUT2D eigenvalue weighted by molar-refractivity contribution is 0.103. The monoisotopic (exact) mass is 406 g/mol. The number of aryl methyl sites for hydroxylation is 1. The maximum absolute atomic E-state index is 13.3. The number of ether oxygens (including phenoxy) is 1. The van der Waals surface area contributed by atoms with Gasteiger partial charge in [-0.25, -0.2) is 0 Å². The highest BCUT2D eigenvalue weighted by Crippen LogP contribution is 2.23. The number of nitrogens with zero attached hydrogens (tertiary/aromatic N) is 1. The number of benzene rings is 1. The Balaban J connectivity index is 1.69. The van der Waals surface area contributed by atoms with Crippen LogP contribution in [-0.2, 0) is 6.42 Å². The molecule has 0 bridgehead atoms. The van der Waals surface area contributed by atoms with Crippen LogP contribution in [0.5, 0.6) is 5.75 Å². The number of ketones is 1. The molecule has 1 aromatic carbocycles. The molecule has 0 aliphatic carbocycles. The maximum Gasteiger partial charge on any atom is 0.210 e. The molecule has 0 unspecified atom stereocenters. The molecule has 2 heterocycles. The summed E-state index contributed by atoms with van der Waals surface area (Å²) in [6, 6.07) is 15.7. The molecule has 0 atom stereocenters. The molecule has 30 heavy (non-hydrogen) atoms. The first-order valence-electron chi connectivity index (χ1n) is 11.0. The van der Waals surface area contributed by atoms with Crippen molar-refractivity contribution in [1.29, 1.82) is 0 Å². The van der Waals surface area contributed by atoms with Crippen molar-refractivity contribution < 1.29 is 9.53 Å². The first-order chi connectivity index (χ1) is 14.4. The van der Waals surface area contributed by atoms with E-state index in [9.17, 15) is 4.79 Å². The maximum atomic E-state index is 13.3. The van der Waals surface area contributed by atoms with Crippen molar-refractivity contribution in [3.8, 4) is 5.75 Å².